The number of hydrogen-bond acceptors (Lipinski definition) is 7. The Morgan fingerprint density at radius 1 is 0.577 bits per heavy atom. The highest BCUT2D eigenvalue weighted by atomic mass is 16.6. The third kappa shape index (κ3) is 33.4. The molecule has 0 amide bonds. The minimum Gasteiger partial charge on any atom is -0.544 e. The molecule has 0 N–H and O–H groups in total. The quantitative estimate of drug-likeness (QED) is 0.0271. The fraction of sp³-hybridized carbons (Fsp3) is 0.795. The molecule has 0 aromatic carbocycles. The summed E-state index contributed by atoms with van der Waals surface area (Å²) in [5, 5.41) is 11.6. The highest BCUT2D eigenvalue weighted by molar-refractivity contribution is 5.70. The second-order valence-corrected chi connectivity index (χ2v) is 15.3. The predicted octanol–water partition coefficient (Wildman–Crippen LogP) is 9.74. The Bertz CT molecular complexity index is 953. The third-order valence-corrected chi connectivity index (χ3v) is 9.34. The van der Waals surface area contributed by atoms with Crippen LogP contribution in [0.1, 0.15) is 174 Å². The summed E-state index contributed by atoms with van der Waals surface area (Å²) in [4.78, 5) is 36.7. The van der Waals surface area contributed by atoms with Gasteiger partial charge in [-0.15, -0.1) is 0 Å². The Labute approximate surface area is 319 Å². The van der Waals surface area contributed by atoms with Gasteiger partial charge >= 0.3 is 11.9 Å². The highest BCUT2D eigenvalue weighted by Crippen LogP contribution is 2.14. The lowest BCUT2D eigenvalue weighted by molar-refractivity contribution is -0.889. The molecule has 302 valence electrons. The van der Waals surface area contributed by atoms with E-state index in [-0.39, 0.29) is 42.7 Å². The van der Waals surface area contributed by atoms with Crippen LogP contribution in [0.15, 0.2) is 36.5 Å². The molecule has 0 bridgehead atoms. The second-order valence-electron chi connectivity index (χ2n) is 15.3. The van der Waals surface area contributed by atoms with Crippen LogP contribution in [0.3, 0.4) is 0 Å². The van der Waals surface area contributed by atoms with E-state index < -0.39 is 18.1 Å². The Balaban J connectivity index is 4.37. The van der Waals surface area contributed by atoms with Gasteiger partial charge in [0, 0.05) is 19.3 Å². The maximum atomic E-state index is 12.6. The number of carbonyl (C=O) groups is 3. The number of likely N-dealkylation sites (N-methyl/N-ethyl adjacent to an activating group) is 1. The van der Waals surface area contributed by atoms with Gasteiger partial charge in [-0.3, -0.25) is 9.59 Å². The SMILES string of the molecule is CCCCCCC/C=C/C=C/C=C/CCCCCCCC(=O)OCC(COCCC(C(=O)[O-])[N+](C)(C)C)OC(=O)CCCCCCCCCCCC. The van der Waals surface area contributed by atoms with E-state index in [4.69, 9.17) is 14.2 Å². The number of aliphatic carboxylic acids is 1. The molecule has 0 rings (SSSR count). The molecule has 2 atom stereocenters. The maximum Gasteiger partial charge on any atom is 0.306 e. The normalized spacial score (nSPS) is 13.3. The highest BCUT2D eigenvalue weighted by Gasteiger charge is 2.25. The zero-order valence-corrected chi connectivity index (χ0v) is 34.2. The van der Waals surface area contributed by atoms with Crippen molar-refractivity contribution < 1.29 is 38.2 Å². The first-order chi connectivity index (χ1) is 25.1. The number of nitrogens with zero attached hydrogens (tertiary/aromatic N) is 1. The second kappa shape index (κ2) is 35.6. The minimum atomic E-state index is -1.13. The van der Waals surface area contributed by atoms with Gasteiger partial charge in [0.25, 0.3) is 0 Å². The number of carboxylic acids is 1. The van der Waals surface area contributed by atoms with Crippen molar-refractivity contribution in [1.82, 2.24) is 0 Å². The van der Waals surface area contributed by atoms with Gasteiger partial charge in [0.15, 0.2) is 6.10 Å². The molecule has 8 heteroatoms. The molecule has 0 aliphatic heterocycles. The van der Waals surface area contributed by atoms with E-state index in [2.05, 4.69) is 50.3 Å². The number of hydrogen-bond donors (Lipinski definition) is 0. The first-order valence-electron chi connectivity index (χ1n) is 21.0. The van der Waals surface area contributed by atoms with Crippen molar-refractivity contribution in [2.45, 2.75) is 187 Å². The van der Waals surface area contributed by atoms with Crippen LogP contribution in [0.2, 0.25) is 0 Å². The lowest BCUT2D eigenvalue weighted by atomic mass is 10.1. The fourth-order valence-electron chi connectivity index (χ4n) is 6.01. The summed E-state index contributed by atoms with van der Waals surface area (Å²) in [6.07, 6.45) is 38.8. The summed E-state index contributed by atoms with van der Waals surface area (Å²) >= 11 is 0. The molecule has 0 aliphatic rings. The topological polar surface area (TPSA) is 102 Å². The van der Waals surface area contributed by atoms with E-state index in [1.54, 1.807) is 21.1 Å². The first-order valence-corrected chi connectivity index (χ1v) is 21.0. The molecule has 2 unspecified atom stereocenters. The van der Waals surface area contributed by atoms with Crippen molar-refractivity contribution >= 4 is 17.9 Å². The molecule has 0 spiro atoms. The Morgan fingerprint density at radius 2 is 1.02 bits per heavy atom. The largest absolute Gasteiger partial charge is 0.544 e. The summed E-state index contributed by atoms with van der Waals surface area (Å²) in [7, 11) is 5.39. The predicted molar refractivity (Wildman–Crippen MR) is 213 cm³/mol. The summed E-state index contributed by atoms with van der Waals surface area (Å²) in [5.74, 6) is -1.76. The lowest BCUT2D eigenvalue weighted by Crippen LogP contribution is -2.55. The van der Waals surface area contributed by atoms with Crippen molar-refractivity contribution in [3.63, 3.8) is 0 Å². The molecule has 0 aromatic heterocycles. The van der Waals surface area contributed by atoms with E-state index in [1.807, 2.05) is 0 Å². The molecule has 8 nitrogen and oxygen atoms in total. The molecule has 0 aromatic rings. The summed E-state index contributed by atoms with van der Waals surface area (Å²) < 4.78 is 17.1. The number of allylic oxidation sites excluding steroid dienone is 6. The summed E-state index contributed by atoms with van der Waals surface area (Å²) in [6, 6.07) is -0.726. The lowest BCUT2D eigenvalue weighted by Gasteiger charge is -2.34. The van der Waals surface area contributed by atoms with Crippen molar-refractivity contribution in [2.24, 2.45) is 0 Å². The van der Waals surface area contributed by atoms with Crippen LogP contribution in [-0.4, -0.2) is 75.5 Å². The van der Waals surface area contributed by atoms with Crippen molar-refractivity contribution in [1.29, 1.82) is 0 Å². The number of quaternary nitrogens is 1. The number of ether oxygens (including phenoxy) is 3. The van der Waals surface area contributed by atoms with E-state index >= 15 is 0 Å². The van der Waals surface area contributed by atoms with E-state index in [9.17, 15) is 19.5 Å². The summed E-state index contributed by atoms with van der Waals surface area (Å²) in [5.41, 5.74) is 0. The number of unbranched alkanes of at least 4 members (excludes halogenated alkanes) is 19. The van der Waals surface area contributed by atoms with E-state index in [0.29, 0.717) is 12.8 Å². The molecule has 0 fully saturated rings. The minimum absolute atomic E-state index is 0.0358. The maximum absolute atomic E-state index is 12.6. The average molecular weight is 734 g/mol. The van der Waals surface area contributed by atoms with Crippen LogP contribution < -0.4 is 5.11 Å². The third-order valence-electron chi connectivity index (χ3n) is 9.34. The Hall–Kier alpha value is -2.45. The molecular weight excluding hydrogens is 654 g/mol. The fourth-order valence-corrected chi connectivity index (χ4v) is 6.01. The van der Waals surface area contributed by atoms with E-state index in [1.165, 1.54) is 77.0 Å². The molecule has 0 saturated heterocycles. The van der Waals surface area contributed by atoms with Gasteiger partial charge in [-0.05, 0) is 38.5 Å². The van der Waals surface area contributed by atoms with Crippen LogP contribution >= 0.6 is 0 Å². The monoisotopic (exact) mass is 734 g/mol. The van der Waals surface area contributed by atoms with Gasteiger partial charge in [-0.25, -0.2) is 0 Å². The van der Waals surface area contributed by atoms with Crippen molar-refractivity contribution in [2.75, 3.05) is 41.0 Å². The number of rotatable bonds is 37. The molecular formula is C44H79NO7. The van der Waals surface area contributed by atoms with Crippen LogP contribution in [0, 0.1) is 0 Å². The molecule has 0 saturated carbocycles. The van der Waals surface area contributed by atoms with Crippen molar-refractivity contribution in [3.8, 4) is 0 Å². The zero-order chi connectivity index (χ0) is 38.5. The summed E-state index contributed by atoms with van der Waals surface area (Å²) in [6.45, 7) is 4.60. The van der Waals surface area contributed by atoms with Gasteiger partial charge in [-0.2, -0.15) is 0 Å². The molecule has 0 radical (unpaired) electrons. The van der Waals surface area contributed by atoms with Gasteiger partial charge in [0.05, 0.1) is 40.3 Å². The Kier molecular flexibility index (Phi) is 33.9. The molecule has 0 aliphatic carbocycles. The van der Waals surface area contributed by atoms with Crippen LogP contribution in [0.4, 0.5) is 0 Å². The van der Waals surface area contributed by atoms with Gasteiger partial charge < -0.3 is 28.6 Å². The number of carboxylic acid groups (broad SMARTS) is 1. The molecule has 52 heavy (non-hydrogen) atoms. The smallest absolute Gasteiger partial charge is 0.306 e. The first kappa shape index (κ1) is 49.6. The van der Waals surface area contributed by atoms with Gasteiger partial charge in [0.1, 0.15) is 12.6 Å². The standard InChI is InChI=1S/C44H79NO7/c1-6-8-10-12-14-16-18-19-20-21-22-23-24-25-27-28-30-32-34-42(46)51-39-40(38-50-37-36-41(44(48)49)45(3,4)5)52-43(47)35-33-31-29-26-17-15-13-11-9-7-2/h18-23,40-41H,6-17,24-39H2,1-5H3/b19-18+,21-20+,23-22+. The zero-order valence-electron chi connectivity index (χ0n) is 34.2. The molecule has 0 heterocycles. The van der Waals surface area contributed by atoms with Crippen LogP contribution in [0.25, 0.3) is 0 Å². The number of esters is 2. The average Bonchev–Trinajstić information content (AvgIpc) is 3.09. The van der Waals surface area contributed by atoms with Crippen LogP contribution in [-0.2, 0) is 28.6 Å². The van der Waals surface area contributed by atoms with Crippen molar-refractivity contribution in [3.05, 3.63) is 36.5 Å². The van der Waals surface area contributed by atoms with E-state index in [0.717, 1.165) is 64.2 Å². The van der Waals surface area contributed by atoms with Crippen LogP contribution in [0.5, 0.6) is 0 Å². The van der Waals surface area contributed by atoms with Gasteiger partial charge in [0.2, 0.25) is 0 Å². The number of carbonyl (C=O) groups excluding carboxylic acids is 3. The Morgan fingerprint density at radius 3 is 1.48 bits per heavy atom. The van der Waals surface area contributed by atoms with Gasteiger partial charge in [-0.1, -0.05) is 153 Å².